The lowest BCUT2D eigenvalue weighted by Gasteiger charge is -2.47. The summed E-state index contributed by atoms with van der Waals surface area (Å²) >= 11 is 3.96. The summed E-state index contributed by atoms with van der Waals surface area (Å²) < 4.78 is 2.49. The van der Waals surface area contributed by atoms with Gasteiger partial charge in [-0.1, -0.05) is 134 Å². The molecule has 10 rings (SSSR count). The van der Waals surface area contributed by atoms with E-state index in [0.717, 1.165) is 43.4 Å². The van der Waals surface area contributed by atoms with Crippen molar-refractivity contribution in [2.45, 2.75) is 47.3 Å². The molecule has 3 heterocycles. The van der Waals surface area contributed by atoms with Crippen molar-refractivity contribution in [1.82, 2.24) is 4.57 Å². The average molecular weight is 706 g/mol. The molecule has 1 aromatic heterocycles. The van der Waals surface area contributed by atoms with Gasteiger partial charge in [-0.05, 0) is 113 Å². The lowest BCUT2D eigenvalue weighted by atomic mass is 9.60. The Bertz CT molecular complexity index is 2590. The normalized spacial score (nSPS) is 20.4. The molecule has 0 radical (unpaired) electrons. The minimum absolute atomic E-state index is 0.507. The maximum Gasteiger partial charge on any atom is 0.0697 e. The highest BCUT2D eigenvalue weighted by atomic mass is 32.2. The molecule has 0 fully saturated rings. The highest BCUT2D eigenvalue weighted by molar-refractivity contribution is 8.03. The van der Waals surface area contributed by atoms with Crippen molar-refractivity contribution in [3.05, 3.63) is 191 Å². The maximum atomic E-state index is 5.01. The minimum Gasteiger partial charge on any atom is -0.313 e. The third-order valence-electron chi connectivity index (χ3n) is 11.3. The topological polar surface area (TPSA) is 4.93 Å². The first-order valence-electron chi connectivity index (χ1n) is 18.5. The second kappa shape index (κ2) is 12.9. The van der Waals surface area contributed by atoms with E-state index in [9.17, 15) is 0 Å². The average Bonchev–Trinajstić information content (AvgIpc) is 3.56. The van der Waals surface area contributed by atoms with E-state index in [1.165, 1.54) is 81.2 Å². The molecule has 4 aliphatic rings. The van der Waals surface area contributed by atoms with Crippen LogP contribution < -0.4 is 0 Å². The zero-order chi connectivity index (χ0) is 34.6. The molecule has 0 saturated heterocycles. The van der Waals surface area contributed by atoms with Gasteiger partial charge >= 0.3 is 0 Å². The van der Waals surface area contributed by atoms with Crippen molar-refractivity contribution >= 4 is 56.6 Å². The van der Waals surface area contributed by atoms with Gasteiger partial charge in [-0.25, -0.2) is 0 Å². The number of hydrogen-bond acceptors (Lipinski definition) is 2. The van der Waals surface area contributed by atoms with Gasteiger partial charge in [0.05, 0.1) is 16.4 Å². The number of para-hydroxylation sites is 1. The Kier molecular flexibility index (Phi) is 7.89. The maximum absolute atomic E-state index is 5.01. The van der Waals surface area contributed by atoms with Crippen LogP contribution in [0, 0.1) is 0 Å². The lowest BCUT2D eigenvalue weighted by Crippen LogP contribution is -2.37. The standard InChI is InChI=1S/C49H39NS2/c1-33-16-12-13-31-51-45-27-11-9-24-41(45)49(33)42-25-14-23-38(48(42)52-46-28-15-22-37(47(46)49)34-17-4-2-5-18-34)35-29-30-44-40(32-35)39-21-8-10-26-43(39)50(44)36-19-6-3-7-20-36/h2-6,8-12,15-19,21-24,26-30,32H,1,7,13-14,20,25,31H2/b16-12-. The zero-order valence-electron chi connectivity index (χ0n) is 29.1. The fraction of sp³-hybridized carbons (Fsp3) is 0.143. The van der Waals surface area contributed by atoms with Crippen LogP contribution in [0.15, 0.2) is 184 Å². The van der Waals surface area contributed by atoms with Gasteiger partial charge in [-0.15, -0.1) is 11.8 Å². The summed E-state index contributed by atoms with van der Waals surface area (Å²) in [7, 11) is 0. The van der Waals surface area contributed by atoms with Crippen LogP contribution in [-0.2, 0) is 5.41 Å². The van der Waals surface area contributed by atoms with Crippen LogP contribution in [-0.4, -0.2) is 10.3 Å². The Labute approximate surface area is 314 Å². The molecule has 0 N–H and O–H groups in total. The molecule has 1 spiro atoms. The Balaban J connectivity index is 1.24. The van der Waals surface area contributed by atoms with Crippen molar-refractivity contribution in [1.29, 1.82) is 0 Å². The van der Waals surface area contributed by atoms with Crippen LogP contribution in [0.25, 0.3) is 44.2 Å². The molecule has 0 bridgehead atoms. The van der Waals surface area contributed by atoms with E-state index in [-0.39, 0.29) is 0 Å². The summed E-state index contributed by atoms with van der Waals surface area (Å²) in [6, 6.07) is 43.3. The fourth-order valence-electron chi connectivity index (χ4n) is 9.12. The molecular weight excluding hydrogens is 667 g/mol. The van der Waals surface area contributed by atoms with E-state index in [0.29, 0.717) is 0 Å². The van der Waals surface area contributed by atoms with Gasteiger partial charge in [0.25, 0.3) is 0 Å². The number of aromatic nitrogens is 1. The van der Waals surface area contributed by atoms with E-state index in [1.54, 1.807) is 0 Å². The SMILES string of the molecule is C=C1/C=C\CCSc2ccccc2C12C1=C(Sc3cccc(-c4ccccc4)c32)C(c2ccc3c(c2)c2ccccc2n3C2=CC=CCC2)=CCC1. The van der Waals surface area contributed by atoms with Crippen molar-refractivity contribution in [3.8, 4) is 11.1 Å². The van der Waals surface area contributed by atoms with Crippen LogP contribution in [0.4, 0.5) is 0 Å². The second-order valence-electron chi connectivity index (χ2n) is 14.1. The molecule has 3 heteroatoms. The molecular formula is C49H39NS2. The number of nitrogens with zero attached hydrogens (tertiary/aromatic N) is 1. The van der Waals surface area contributed by atoms with Gasteiger partial charge in [-0.2, -0.15) is 0 Å². The van der Waals surface area contributed by atoms with E-state index in [2.05, 4.69) is 156 Å². The number of allylic oxidation sites excluding steroid dienone is 10. The smallest absolute Gasteiger partial charge is 0.0697 e. The van der Waals surface area contributed by atoms with Crippen LogP contribution in [0.5, 0.6) is 0 Å². The van der Waals surface area contributed by atoms with E-state index >= 15 is 0 Å². The molecule has 1 unspecified atom stereocenters. The minimum atomic E-state index is -0.507. The van der Waals surface area contributed by atoms with E-state index in [1.807, 2.05) is 23.5 Å². The summed E-state index contributed by atoms with van der Waals surface area (Å²) in [5.41, 5.74) is 14.0. The third-order valence-corrected chi connectivity index (χ3v) is 13.6. The summed E-state index contributed by atoms with van der Waals surface area (Å²) in [5.74, 6) is 1.05. The quantitative estimate of drug-likeness (QED) is 0.181. The Hall–Kier alpha value is -4.96. The van der Waals surface area contributed by atoms with Crippen LogP contribution in [0.1, 0.15) is 48.8 Å². The van der Waals surface area contributed by atoms with Gasteiger partial charge in [-0.3, -0.25) is 0 Å². The Morgan fingerprint density at radius 1 is 0.673 bits per heavy atom. The fourth-order valence-corrected chi connectivity index (χ4v) is 11.6. The molecule has 2 aliphatic carbocycles. The summed E-state index contributed by atoms with van der Waals surface area (Å²) in [5, 5.41) is 2.63. The second-order valence-corrected chi connectivity index (χ2v) is 16.3. The summed E-state index contributed by atoms with van der Waals surface area (Å²) in [6.07, 6.45) is 19.1. The third kappa shape index (κ3) is 4.86. The highest BCUT2D eigenvalue weighted by Gasteiger charge is 2.49. The van der Waals surface area contributed by atoms with Crippen LogP contribution >= 0.6 is 23.5 Å². The van der Waals surface area contributed by atoms with Gasteiger partial charge < -0.3 is 4.57 Å². The predicted molar refractivity (Wildman–Crippen MR) is 225 cm³/mol. The number of hydrogen-bond donors (Lipinski definition) is 0. The molecule has 1 nitrogen and oxygen atoms in total. The van der Waals surface area contributed by atoms with E-state index in [4.69, 9.17) is 6.58 Å². The Morgan fingerprint density at radius 3 is 2.40 bits per heavy atom. The van der Waals surface area contributed by atoms with Gasteiger partial charge in [0, 0.05) is 36.9 Å². The highest BCUT2D eigenvalue weighted by Crippen LogP contribution is 2.63. The number of benzene rings is 5. The van der Waals surface area contributed by atoms with E-state index < -0.39 is 5.41 Å². The Morgan fingerprint density at radius 2 is 1.50 bits per heavy atom. The molecule has 252 valence electrons. The predicted octanol–water partition coefficient (Wildman–Crippen LogP) is 13.8. The number of thioether (sulfide) groups is 2. The van der Waals surface area contributed by atoms with Crippen molar-refractivity contribution in [2.24, 2.45) is 0 Å². The molecule has 6 aromatic rings. The first-order chi connectivity index (χ1) is 25.7. The van der Waals surface area contributed by atoms with Gasteiger partial charge in [0.2, 0.25) is 0 Å². The van der Waals surface area contributed by atoms with Gasteiger partial charge in [0.1, 0.15) is 0 Å². The molecule has 1 atom stereocenters. The number of fused-ring (bicyclic) bond motifs is 8. The van der Waals surface area contributed by atoms with Crippen LogP contribution in [0.3, 0.4) is 0 Å². The molecule has 0 amide bonds. The lowest BCUT2D eigenvalue weighted by molar-refractivity contribution is 0.650. The summed E-state index contributed by atoms with van der Waals surface area (Å²) in [6.45, 7) is 5.01. The first-order valence-corrected chi connectivity index (χ1v) is 20.3. The number of rotatable bonds is 3. The monoisotopic (exact) mass is 705 g/mol. The summed E-state index contributed by atoms with van der Waals surface area (Å²) in [4.78, 5) is 4.06. The molecule has 5 aromatic carbocycles. The largest absolute Gasteiger partial charge is 0.313 e. The first kappa shape index (κ1) is 31.7. The molecule has 2 aliphatic heterocycles. The zero-order valence-corrected chi connectivity index (χ0v) is 30.8. The van der Waals surface area contributed by atoms with Crippen molar-refractivity contribution in [2.75, 3.05) is 5.75 Å². The molecule has 0 saturated carbocycles. The molecule has 52 heavy (non-hydrogen) atoms. The van der Waals surface area contributed by atoms with Crippen molar-refractivity contribution in [3.63, 3.8) is 0 Å². The van der Waals surface area contributed by atoms with Crippen molar-refractivity contribution < 1.29 is 0 Å². The van der Waals surface area contributed by atoms with Crippen LogP contribution in [0.2, 0.25) is 0 Å². The van der Waals surface area contributed by atoms with Gasteiger partial charge in [0.15, 0.2) is 0 Å².